The van der Waals surface area contributed by atoms with Gasteiger partial charge in [-0.1, -0.05) is 12.1 Å². The Labute approximate surface area is 114 Å². The fourth-order valence-corrected chi connectivity index (χ4v) is 1.95. The van der Waals surface area contributed by atoms with Crippen molar-refractivity contribution in [1.29, 1.82) is 0 Å². The SMILES string of the molecule is Cc1ccc(CN)c(Oc2ccc(F)c(Br)c2)c1. The van der Waals surface area contributed by atoms with Crippen LogP contribution in [0, 0.1) is 12.7 Å². The molecule has 2 rings (SSSR count). The van der Waals surface area contributed by atoms with Crippen molar-refractivity contribution in [2.45, 2.75) is 13.5 Å². The summed E-state index contributed by atoms with van der Waals surface area (Å²) in [6, 6.07) is 10.4. The van der Waals surface area contributed by atoms with E-state index < -0.39 is 0 Å². The summed E-state index contributed by atoms with van der Waals surface area (Å²) in [5.74, 6) is 0.963. The van der Waals surface area contributed by atoms with Gasteiger partial charge in [-0.3, -0.25) is 0 Å². The van der Waals surface area contributed by atoms with E-state index in [2.05, 4.69) is 15.9 Å². The highest BCUT2D eigenvalue weighted by Crippen LogP contribution is 2.29. The number of hydrogen-bond acceptors (Lipinski definition) is 2. The number of hydrogen-bond donors (Lipinski definition) is 1. The molecule has 0 saturated carbocycles. The molecule has 2 N–H and O–H groups in total. The normalized spacial score (nSPS) is 10.4. The molecule has 0 saturated heterocycles. The molecule has 2 nitrogen and oxygen atoms in total. The van der Waals surface area contributed by atoms with Gasteiger partial charge in [0.25, 0.3) is 0 Å². The van der Waals surface area contributed by atoms with Crippen LogP contribution in [0.4, 0.5) is 4.39 Å². The molecule has 4 heteroatoms. The third-order valence-electron chi connectivity index (χ3n) is 2.56. The van der Waals surface area contributed by atoms with Crippen LogP contribution < -0.4 is 10.5 Å². The molecule has 18 heavy (non-hydrogen) atoms. The monoisotopic (exact) mass is 309 g/mol. The van der Waals surface area contributed by atoms with E-state index in [9.17, 15) is 4.39 Å². The summed E-state index contributed by atoms with van der Waals surface area (Å²) in [4.78, 5) is 0. The van der Waals surface area contributed by atoms with Crippen LogP contribution in [0.1, 0.15) is 11.1 Å². The standard InChI is InChI=1S/C14H13BrFNO/c1-9-2-3-10(8-17)14(6-9)18-11-4-5-13(16)12(15)7-11/h2-7H,8,17H2,1H3. The van der Waals surface area contributed by atoms with Crippen LogP contribution in [-0.2, 0) is 6.54 Å². The Morgan fingerprint density at radius 2 is 2.00 bits per heavy atom. The largest absolute Gasteiger partial charge is 0.457 e. The topological polar surface area (TPSA) is 35.2 Å². The van der Waals surface area contributed by atoms with Crippen molar-refractivity contribution in [1.82, 2.24) is 0 Å². The third kappa shape index (κ3) is 2.89. The molecule has 0 bridgehead atoms. The highest BCUT2D eigenvalue weighted by atomic mass is 79.9. The molecule has 0 heterocycles. The van der Waals surface area contributed by atoms with Gasteiger partial charge in [-0.15, -0.1) is 0 Å². The van der Waals surface area contributed by atoms with E-state index in [4.69, 9.17) is 10.5 Å². The second-order valence-electron chi connectivity index (χ2n) is 3.99. The van der Waals surface area contributed by atoms with Gasteiger partial charge in [0.2, 0.25) is 0 Å². The highest BCUT2D eigenvalue weighted by molar-refractivity contribution is 9.10. The quantitative estimate of drug-likeness (QED) is 0.924. The average Bonchev–Trinajstić information content (AvgIpc) is 2.34. The number of ether oxygens (including phenoxy) is 1. The first kappa shape index (κ1) is 13.1. The lowest BCUT2D eigenvalue weighted by Crippen LogP contribution is -1.99. The van der Waals surface area contributed by atoms with Crippen molar-refractivity contribution in [3.05, 3.63) is 57.8 Å². The van der Waals surface area contributed by atoms with Crippen LogP contribution in [0.15, 0.2) is 40.9 Å². The van der Waals surface area contributed by atoms with E-state index >= 15 is 0 Å². The summed E-state index contributed by atoms with van der Waals surface area (Å²) in [6.45, 7) is 2.38. The van der Waals surface area contributed by atoms with Crippen LogP contribution in [0.25, 0.3) is 0 Å². The van der Waals surface area contributed by atoms with E-state index in [1.807, 2.05) is 25.1 Å². The van der Waals surface area contributed by atoms with Gasteiger partial charge in [0.1, 0.15) is 17.3 Å². The number of halogens is 2. The van der Waals surface area contributed by atoms with Crippen molar-refractivity contribution in [3.63, 3.8) is 0 Å². The van der Waals surface area contributed by atoms with Gasteiger partial charge in [-0.25, -0.2) is 4.39 Å². The van der Waals surface area contributed by atoms with Gasteiger partial charge in [0.15, 0.2) is 0 Å². The van der Waals surface area contributed by atoms with Gasteiger partial charge in [0, 0.05) is 12.1 Å². The molecular formula is C14H13BrFNO. The molecule has 0 atom stereocenters. The van der Waals surface area contributed by atoms with E-state index in [-0.39, 0.29) is 5.82 Å². The summed E-state index contributed by atoms with van der Waals surface area (Å²) in [5.41, 5.74) is 7.66. The third-order valence-corrected chi connectivity index (χ3v) is 3.17. The first-order chi connectivity index (χ1) is 8.60. The first-order valence-electron chi connectivity index (χ1n) is 5.52. The van der Waals surface area contributed by atoms with Crippen molar-refractivity contribution in [2.75, 3.05) is 0 Å². The van der Waals surface area contributed by atoms with Gasteiger partial charge in [0.05, 0.1) is 4.47 Å². The highest BCUT2D eigenvalue weighted by Gasteiger charge is 2.06. The van der Waals surface area contributed by atoms with Gasteiger partial charge in [-0.05, 0) is 52.7 Å². The van der Waals surface area contributed by atoms with E-state index in [0.29, 0.717) is 22.5 Å². The Balaban J connectivity index is 2.33. The van der Waals surface area contributed by atoms with E-state index in [1.165, 1.54) is 6.07 Å². The van der Waals surface area contributed by atoms with Crippen molar-refractivity contribution < 1.29 is 9.13 Å². The molecule has 0 aromatic heterocycles. The van der Waals surface area contributed by atoms with Crippen LogP contribution in [-0.4, -0.2) is 0 Å². The molecule has 0 aliphatic heterocycles. The Morgan fingerprint density at radius 1 is 1.22 bits per heavy atom. The van der Waals surface area contributed by atoms with Crippen molar-refractivity contribution in [3.8, 4) is 11.5 Å². The number of rotatable bonds is 3. The summed E-state index contributed by atoms with van der Waals surface area (Å²) in [6.07, 6.45) is 0. The molecule has 0 radical (unpaired) electrons. The van der Waals surface area contributed by atoms with Crippen LogP contribution in [0.3, 0.4) is 0 Å². The predicted octanol–water partition coefficient (Wildman–Crippen LogP) is 4.15. The Bertz CT molecular complexity index is 572. The fourth-order valence-electron chi connectivity index (χ4n) is 1.59. The zero-order valence-corrected chi connectivity index (χ0v) is 11.5. The molecule has 2 aromatic carbocycles. The molecule has 0 aliphatic carbocycles. The maximum absolute atomic E-state index is 13.1. The zero-order valence-electron chi connectivity index (χ0n) is 9.91. The lowest BCUT2D eigenvalue weighted by atomic mass is 10.1. The lowest BCUT2D eigenvalue weighted by molar-refractivity contribution is 0.473. The second kappa shape index (κ2) is 5.50. The minimum absolute atomic E-state index is 0.314. The van der Waals surface area contributed by atoms with Crippen molar-refractivity contribution in [2.24, 2.45) is 5.73 Å². The number of benzene rings is 2. The molecule has 0 fully saturated rings. The Hall–Kier alpha value is -1.39. The van der Waals surface area contributed by atoms with Gasteiger partial charge < -0.3 is 10.5 Å². The van der Waals surface area contributed by atoms with Gasteiger partial charge >= 0.3 is 0 Å². The number of aryl methyl sites for hydroxylation is 1. The zero-order chi connectivity index (χ0) is 13.1. The Kier molecular flexibility index (Phi) is 3.99. The average molecular weight is 310 g/mol. The molecule has 94 valence electrons. The summed E-state index contributed by atoms with van der Waals surface area (Å²) in [5, 5.41) is 0. The molecule has 2 aromatic rings. The van der Waals surface area contributed by atoms with Crippen LogP contribution >= 0.6 is 15.9 Å². The van der Waals surface area contributed by atoms with E-state index in [0.717, 1.165) is 11.1 Å². The van der Waals surface area contributed by atoms with Crippen LogP contribution in [0.2, 0.25) is 0 Å². The molecule has 0 unspecified atom stereocenters. The van der Waals surface area contributed by atoms with E-state index in [1.54, 1.807) is 12.1 Å². The number of nitrogens with two attached hydrogens (primary N) is 1. The van der Waals surface area contributed by atoms with Crippen molar-refractivity contribution >= 4 is 15.9 Å². The first-order valence-corrected chi connectivity index (χ1v) is 6.32. The summed E-state index contributed by atoms with van der Waals surface area (Å²) in [7, 11) is 0. The maximum Gasteiger partial charge on any atom is 0.137 e. The Morgan fingerprint density at radius 3 is 2.67 bits per heavy atom. The maximum atomic E-state index is 13.1. The van der Waals surface area contributed by atoms with Gasteiger partial charge in [-0.2, -0.15) is 0 Å². The minimum atomic E-state index is -0.314. The fraction of sp³-hybridized carbons (Fsp3) is 0.143. The summed E-state index contributed by atoms with van der Waals surface area (Å²) >= 11 is 3.13. The predicted molar refractivity (Wildman–Crippen MR) is 73.2 cm³/mol. The summed E-state index contributed by atoms with van der Waals surface area (Å²) < 4.78 is 19.2. The molecule has 0 amide bonds. The minimum Gasteiger partial charge on any atom is -0.457 e. The van der Waals surface area contributed by atoms with Crippen LogP contribution in [0.5, 0.6) is 11.5 Å². The molecule has 0 spiro atoms. The molecular weight excluding hydrogens is 297 g/mol. The molecule has 0 aliphatic rings. The lowest BCUT2D eigenvalue weighted by Gasteiger charge is -2.11. The smallest absolute Gasteiger partial charge is 0.137 e. The second-order valence-corrected chi connectivity index (χ2v) is 4.85.